The molecule has 0 aliphatic carbocycles. The summed E-state index contributed by atoms with van der Waals surface area (Å²) in [7, 11) is 0. The number of nitrogens with zero attached hydrogens (tertiary/aromatic N) is 2. The van der Waals surface area contributed by atoms with Crippen molar-refractivity contribution in [3.63, 3.8) is 0 Å². The Kier molecular flexibility index (Phi) is 5.12. The second-order valence-electron chi connectivity index (χ2n) is 5.31. The molecule has 26 heavy (non-hydrogen) atoms. The van der Waals surface area contributed by atoms with Crippen molar-refractivity contribution in [1.82, 2.24) is 9.97 Å². The van der Waals surface area contributed by atoms with Crippen LogP contribution in [0.2, 0.25) is 0 Å². The van der Waals surface area contributed by atoms with Crippen LogP contribution in [0.4, 0.5) is 24.5 Å². The van der Waals surface area contributed by atoms with Crippen LogP contribution in [0.15, 0.2) is 55.0 Å². The second kappa shape index (κ2) is 7.64. The molecule has 132 valence electrons. The molecule has 0 aliphatic heterocycles. The molecule has 1 amide bonds. The van der Waals surface area contributed by atoms with Crippen LogP contribution in [-0.2, 0) is 6.54 Å². The SMILES string of the molecule is O=C(Nc1ccc(F)c(F)c1F)c1cncc(NCc2ccccn2)c1. The van der Waals surface area contributed by atoms with Crippen molar-refractivity contribution in [1.29, 1.82) is 0 Å². The highest BCUT2D eigenvalue weighted by atomic mass is 19.2. The first kappa shape index (κ1) is 17.4. The Labute approximate surface area is 146 Å². The molecule has 0 bridgehead atoms. The van der Waals surface area contributed by atoms with Crippen molar-refractivity contribution in [2.45, 2.75) is 6.54 Å². The third kappa shape index (κ3) is 3.97. The maximum atomic E-state index is 13.7. The topological polar surface area (TPSA) is 66.9 Å². The molecule has 3 aromatic rings. The highest BCUT2D eigenvalue weighted by Crippen LogP contribution is 2.20. The molecular formula is C18H13F3N4O. The van der Waals surface area contributed by atoms with Crippen molar-refractivity contribution >= 4 is 17.3 Å². The third-order valence-corrected chi connectivity index (χ3v) is 3.48. The Balaban J connectivity index is 1.71. The van der Waals surface area contributed by atoms with Crippen LogP contribution >= 0.6 is 0 Å². The maximum Gasteiger partial charge on any atom is 0.257 e. The number of hydrogen-bond acceptors (Lipinski definition) is 4. The molecule has 0 spiro atoms. The van der Waals surface area contributed by atoms with Gasteiger partial charge in [0.1, 0.15) is 0 Å². The number of nitrogens with one attached hydrogen (secondary N) is 2. The molecule has 2 N–H and O–H groups in total. The number of aromatic nitrogens is 2. The number of hydrogen-bond donors (Lipinski definition) is 2. The van der Waals surface area contributed by atoms with Gasteiger partial charge in [-0.3, -0.25) is 14.8 Å². The Morgan fingerprint density at radius 3 is 2.65 bits per heavy atom. The van der Waals surface area contributed by atoms with Gasteiger partial charge in [-0.2, -0.15) is 0 Å². The second-order valence-corrected chi connectivity index (χ2v) is 5.31. The predicted octanol–water partition coefficient (Wildman–Crippen LogP) is 3.76. The number of pyridine rings is 2. The van der Waals surface area contributed by atoms with Gasteiger partial charge in [0.2, 0.25) is 0 Å². The zero-order valence-electron chi connectivity index (χ0n) is 13.3. The van der Waals surface area contributed by atoms with E-state index in [0.717, 1.165) is 17.8 Å². The van der Waals surface area contributed by atoms with E-state index in [9.17, 15) is 18.0 Å². The van der Waals surface area contributed by atoms with E-state index in [4.69, 9.17) is 0 Å². The lowest BCUT2D eigenvalue weighted by Crippen LogP contribution is -2.14. The Morgan fingerprint density at radius 1 is 1.04 bits per heavy atom. The minimum absolute atomic E-state index is 0.125. The van der Waals surface area contributed by atoms with E-state index in [1.165, 1.54) is 18.5 Å². The van der Waals surface area contributed by atoms with Crippen LogP contribution < -0.4 is 10.6 Å². The average molecular weight is 358 g/mol. The van der Waals surface area contributed by atoms with E-state index in [-0.39, 0.29) is 5.56 Å². The van der Waals surface area contributed by atoms with E-state index in [0.29, 0.717) is 12.2 Å². The van der Waals surface area contributed by atoms with Crippen molar-refractivity contribution in [3.8, 4) is 0 Å². The molecule has 5 nitrogen and oxygen atoms in total. The van der Waals surface area contributed by atoms with Crippen molar-refractivity contribution < 1.29 is 18.0 Å². The molecule has 3 rings (SSSR count). The summed E-state index contributed by atoms with van der Waals surface area (Å²) in [6.07, 6.45) is 4.45. The van der Waals surface area contributed by atoms with Gasteiger partial charge in [-0.25, -0.2) is 13.2 Å². The molecule has 0 unspecified atom stereocenters. The van der Waals surface area contributed by atoms with E-state index in [1.807, 2.05) is 12.1 Å². The summed E-state index contributed by atoms with van der Waals surface area (Å²) in [4.78, 5) is 20.3. The zero-order chi connectivity index (χ0) is 18.5. The molecule has 2 heterocycles. The molecule has 0 saturated carbocycles. The first-order chi connectivity index (χ1) is 12.5. The largest absolute Gasteiger partial charge is 0.378 e. The fourth-order valence-electron chi connectivity index (χ4n) is 2.17. The Morgan fingerprint density at radius 2 is 1.88 bits per heavy atom. The van der Waals surface area contributed by atoms with Gasteiger partial charge < -0.3 is 10.6 Å². The number of anilines is 2. The summed E-state index contributed by atoms with van der Waals surface area (Å²) in [5.74, 6) is -5.14. The molecule has 8 heteroatoms. The molecular weight excluding hydrogens is 345 g/mol. The molecule has 0 atom stereocenters. The van der Waals surface area contributed by atoms with Crippen LogP contribution in [0.5, 0.6) is 0 Å². The number of carbonyl (C=O) groups excluding carboxylic acids is 1. The summed E-state index contributed by atoms with van der Waals surface area (Å²) in [5, 5.41) is 5.25. The molecule has 0 saturated heterocycles. The van der Waals surface area contributed by atoms with Gasteiger partial charge >= 0.3 is 0 Å². The quantitative estimate of drug-likeness (QED) is 0.682. The lowest BCUT2D eigenvalue weighted by atomic mass is 10.2. The van der Waals surface area contributed by atoms with Gasteiger partial charge in [-0.05, 0) is 30.3 Å². The number of benzene rings is 1. The predicted molar refractivity (Wildman–Crippen MR) is 90.1 cm³/mol. The van der Waals surface area contributed by atoms with Gasteiger partial charge in [0.25, 0.3) is 5.91 Å². The van der Waals surface area contributed by atoms with E-state index in [2.05, 4.69) is 20.6 Å². The van der Waals surface area contributed by atoms with Gasteiger partial charge in [0.15, 0.2) is 17.5 Å². The molecule has 0 radical (unpaired) electrons. The van der Waals surface area contributed by atoms with Gasteiger partial charge in [0.05, 0.1) is 29.2 Å². The van der Waals surface area contributed by atoms with Crippen LogP contribution in [0.25, 0.3) is 0 Å². The third-order valence-electron chi connectivity index (χ3n) is 3.48. The van der Waals surface area contributed by atoms with Crippen molar-refractivity contribution in [2.24, 2.45) is 0 Å². The number of amides is 1. The van der Waals surface area contributed by atoms with Crippen molar-refractivity contribution in [3.05, 3.63) is 83.7 Å². The normalized spacial score (nSPS) is 10.4. The minimum atomic E-state index is -1.65. The zero-order valence-corrected chi connectivity index (χ0v) is 13.3. The summed E-state index contributed by atoms with van der Waals surface area (Å²) in [6, 6.07) is 8.67. The number of halogens is 3. The van der Waals surface area contributed by atoms with Gasteiger partial charge in [0, 0.05) is 18.6 Å². The van der Waals surface area contributed by atoms with Gasteiger partial charge in [-0.1, -0.05) is 6.07 Å². The molecule has 2 aromatic heterocycles. The first-order valence-electron chi connectivity index (χ1n) is 7.58. The van der Waals surface area contributed by atoms with E-state index in [1.54, 1.807) is 12.3 Å². The highest BCUT2D eigenvalue weighted by molar-refractivity contribution is 6.04. The fraction of sp³-hybridized carbons (Fsp3) is 0.0556. The van der Waals surface area contributed by atoms with Crippen LogP contribution in [-0.4, -0.2) is 15.9 Å². The minimum Gasteiger partial charge on any atom is -0.378 e. The standard InChI is InChI=1S/C18H13F3N4O/c19-14-4-5-15(17(21)16(14)20)25-18(26)11-7-13(9-22-8-11)24-10-12-3-1-2-6-23-12/h1-9,24H,10H2,(H,25,26). The molecule has 0 fully saturated rings. The number of carbonyl (C=O) groups is 1. The van der Waals surface area contributed by atoms with Crippen LogP contribution in [0.1, 0.15) is 16.1 Å². The average Bonchev–Trinajstić information content (AvgIpc) is 2.68. The molecule has 0 aliphatic rings. The maximum absolute atomic E-state index is 13.7. The summed E-state index contributed by atoms with van der Waals surface area (Å²) >= 11 is 0. The van der Waals surface area contributed by atoms with Crippen LogP contribution in [0, 0.1) is 17.5 Å². The monoisotopic (exact) mass is 358 g/mol. The Hall–Kier alpha value is -3.42. The van der Waals surface area contributed by atoms with Gasteiger partial charge in [-0.15, -0.1) is 0 Å². The highest BCUT2D eigenvalue weighted by Gasteiger charge is 2.16. The number of rotatable bonds is 5. The summed E-state index contributed by atoms with van der Waals surface area (Å²) in [5.41, 5.74) is 1.01. The van der Waals surface area contributed by atoms with E-state index >= 15 is 0 Å². The summed E-state index contributed by atoms with van der Waals surface area (Å²) in [6.45, 7) is 0.422. The first-order valence-corrected chi connectivity index (χ1v) is 7.58. The van der Waals surface area contributed by atoms with E-state index < -0.39 is 29.0 Å². The lowest BCUT2D eigenvalue weighted by molar-refractivity contribution is 0.102. The molecule has 1 aromatic carbocycles. The Bertz CT molecular complexity index is 935. The fourth-order valence-corrected chi connectivity index (χ4v) is 2.17. The lowest BCUT2D eigenvalue weighted by Gasteiger charge is -2.09. The summed E-state index contributed by atoms with van der Waals surface area (Å²) < 4.78 is 39.8. The smallest absolute Gasteiger partial charge is 0.257 e. The van der Waals surface area contributed by atoms with Crippen LogP contribution in [0.3, 0.4) is 0 Å². The van der Waals surface area contributed by atoms with Crippen molar-refractivity contribution in [2.75, 3.05) is 10.6 Å².